The van der Waals surface area contributed by atoms with Crippen LogP contribution >= 0.6 is 11.3 Å². The minimum atomic E-state index is -0.823. The number of imidazole rings is 1. The predicted molar refractivity (Wildman–Crippen MR) is 130 cm³/mol. The van der Waals surface area contributed by atoms with Crippen LogP contribution in [0.4, 0.5) is 14.5 Å². The Morgan fingerprint density at radius 3 is 2.59 bits per heavy atom. The molecule has 1 aliphatic rings. The highest BCUT2D eigenvalue weighted by Gasteiger charge is 2.24. The quantitative estimate of drug-likeness (QED) is 0.375. The summed E-state index contributed by atoms with van der Waals surface area (Å²) in [4.78, 5) is 22.8. The molecule has 0 spiro atoms. The number of hydrogen-bond donors (Lipinski definition) is 1. The van der Waals surface area contributed by atoms with Crippen LogP contribution in [0.25, 0.3) is 16.1 Å². The number of nitrogens with zero attached hydrogens (tertiary/aromatic N) is 3. The topological polar surface area (TPSA) is 59.8 Å². The van der Waals surface area contributed by atoms with Gasteiger partial charge in [0.05, 0.1) is 22.6 Å². The van der Waals surface area contributed by atoms with Crippen molar-refractivity contribution in [2.45, 2.75) is 45.4 Å². The van der Waals surface area contributed by atoms with Crippen molar-refractivity contribution in [3.8, 4) is 16.1 Å². The lowest BCUT2D eigenvalue weighted by Gasteiger charge is -2.14. The van der Waals surface area contributed by atoms with E-state index in [9.17, 15) is 13.6 Å². The Labute approximate surface area is 200 Å². The number of halogens is 2. The van der Waals surface area contributed by atoms with Gasteiger partial charge in [0.1, 0.15) is 17.3 Å². The van der Waals surface area contributed by atoms with E-state index in [-0.39, 0.29) is 10.4 Å². The summed E-state index contributed by atoms with van der Waals surface area (Å²) in [5.74, 6) is -2.27. The van der Waals surface area contributed by atoms with Crippen molar-refractivity contribution < 1.29 is 13.6 Å². The molecule has 5 nitrogen and oxygen atoms in total. The molecule has 4 aromatic rings. The third-order valence-corrected chi connectivity index (χ3v) is 7.07. The number of aryl methyl sites for hydroxylation is 2. The normalized spacial score (nSPS) is 13.2. The smallest absolute Gasteiger partial charge is 0.284 e. The minimum absolute atomic E-state index is 0.0538. The van der Waals surface area contributed by atoms with E-state index >= 15 is 0 Å². The molecule has 5 rings (SSSR count). The standard InChI is InChI=1S/C26H24F2N4OS/c1-26(2,3)21-13-32(14-29-21)16-11-10-15-6-4-9-20-23(17(15)12-16)34-25(30-20)24(33)31-22-18(27)7-5-8-19(22)28/h5,7-8,10-14H,4,6,9H2,1-3H3,(H,31,33). The maximum absolute atomic E-state index is 14.0. The Kier molecular flexibility index (Phi) is 5.56. The molecule has 0 radical (unpaired) electrons. The van der Waals surface area contributed by atoms with E-state index in [1.807, 2.05) is 17.1 Å². The van der Waals surface area contributed by atoms with Crippen LogP contribution < -0.4 is 5.32 Å². The second-order valence-corrected chi connectivity index (χ2v) is 10.5. The lowest BCUT2D eigenvalue weighted by Crippen LogP contribution is -2.14. The molecule has 0 aliphatic heterocycles. The van der Waals surface area contributed by atoms with Gasteiger partial charge in [0, 0.05) is 17.3 Å². The Hall–Kier alpha value is -3.39. The summed E-state index contributed by atoms with van der Waals surface area (Å²) in [6, 6.07) is 9.76. The van der Waals surface area contributed by atoms with Gasteiger partial charge in [0.15, 0.2) is 5.01 Å². The zero-order valence-electron chi connectivity index (χ0n) is 19.2. The van der Waals surface area contributed by atoms with Crippen molar-refractivity contribution in [2.75, 3.05) is 5.32 Å². The number of amides is 1. The summed E-state index contributed by atoms with van der Waals surface area (Å²) in [5, 5.41) is 2.53. The van der Waals surface area contributed by atoms with Crippen molar-refractivity contribution in [2.24, 2.45) is 0 Å². The van der Waals surface area contributed by atoms with Gasteiger partial charge in [-0.15, -0.1) is 11.3 Å². The van der Waals surface area contributed by atoms with E-state index in [0.29, 0.717) is 0 Å². The fourth-order valence-corrected chi connectivity index (χ4v) is 5.12. The number of anilines is 1. The highest BCUT2D eigenvalue weighted by molar-refractivity contribution is 7.17. The van der Waals surface area contributed by atoms with Crippen LogP contribution in [0.1, 0.15) is 53.9 Å². The largest absolute Gasteiger partial charge is 0.315 e. The van der Waals surface area contributed by atoms with E-state index < -0.39 is 23.2 Å². The molecule has 0 saturated carbocycles. The molecular weight excluding hydrogens is 454 g/mol. The first-order valence-electron chi connectivity index (χ1n) is 11.1. The Balaban J connectivity index is 1.51. The second kappa shape index (κ2) is 8.43. The first kappa shape index (κ1) is 22.4. The predicted octanol–water partition coefficient (Wildman–Crippen LogP) is 6.31. The summed E-state index contributed by atoms with van der Waals surface area (Å²) in [5.41, 5.74) is 4.51. The van der Waals surface area contributed by atoms with Crippen LogP contribution in [0, 0.1) is 11.6 Å². The zero-order valence-corrected chi connectivity index (χ0v) is 20.0. The molecule has 0 fully saturated rings. The Bertz CT molecular complexity index is 1380. The summed E-state index contributed by atoms with van der Waals surface area (Å²) in [6.45, 7) is 6.38. The Morgan fingerprint density at radius 2 is 1.88 bits per heavy atom. The summed E-state index contributed by atoms with van der Waals surface area (Å²) >= 11 is 1.25. The number of fused-ring (bicyclic) bond motifs is 3. The molecule has 0 atom stereocenters. The molecule has 2 aromatic heterocycles. The molecule has 0 unspecified atom stereocenters. The number of nitrogens with one attached hydrogen (secondary N) is 1. The van der Waals surface area contributed by atoms with Gasteiger partial charge >= 0.3 is 0 Å². The van der Waals surface area contributed by atoms with Crippen LogP contribution in [0.15, 0.2) is 48.9 Å². The highest BCUT2D eigenvalue weighted by atomic mass is 32.1. The third-order valence-electron chi connectivity index (χ3n) is 5.94. The first-order chi connectivity index (χ1) is 16.2. The van der Waals surface area contributed by atoms with Crippen molar-refractivity contribution in [1.82, 2.24) is 14.5 Å². The van der Waals surface area contributed by atoms with Crippen LogP contribution in [-0.4, -0.2) is 20.4 Å². The van der Waals surface area contributed by atoms with Crippen molar-refractivity contribution in [3.05, 3.63) is 82.5 Å². The zero-order chi connectivity index (χ0) is 24.0. The van der Waals surface area contributed by atoms with E-state index in [1.54, 1.807) is 0 Å². The van der Waals surface area contributed by atoms with Crippen molar-refractivity contribution >= 4 is 22.9 Å². The van der Waals surface area contributed by atoms with Gasteiger partial charge in [-0.1, -0.05) is 32.9 Å². The van der Waals surface area contributed by atoms with Gasteiger partial charge < -0.3 is 9.88 Å². The molecule has 8 heteroatoms. The van der Waals surface area contributed by atoms with Gasteiger partial charge in [-0.05, 0) is 54.7 Å². The number of carbonyl (C=O) groups excluding carboxylic acids is 1. The number of para-hydroxylation sites is 1. The maximum Gasteiger partial charge on any atom is 0.284 e. The van der Waals surface area contributed by atoms with Crippen LogP contribution in [0.5, 0.6) is 0 Å². The molecule has 2 aromatic carbocycles. The molecule has 1 aliphatic carbocycles. The summed E-state index contributed by atoms with van der Waals surface area (Å²) in [6.07, 6.45) is 6.40. The van der Waals surface area contributed by atoms with Gasteiger partial charge in [-0.25, -0.2) is 18.7 Å². The second-order valence-electron chi connectivity index (χ2n) is 9.46. The van der Waals surface area contributed by atoms with E-state index in [1.165, 1.54) is 23.0 Å². The molecule has 0 saturated heterocycles. The summed E-state index contributed by atoms with van der Waals surface area (Å²) < 4.78 is 30.0. The van der Waals surface area contributed by atoms with Gasteiger partial charge in [0.25, 0.3) is 5.91 Å². The summed E-state index contributed by atoms with van der Waals surface area (Å²) in [7, 11) is 0. The van der Waals surface area contributed by atoms with Crippen LogP contribution in [-0.2, 0) is 18.3 Å². The van der Waals surface area contributed by atoms with Crippen LogP contribution in [0.2, 0.25) is 0 Å². The average Bonchev–Trinajstić information content (AvgIpc) is 3.41. The van der Waals surface area contributed by atoms with E-state index in [2.05, 4.69) is 54.3 Å². The molecule has 34 heavy (non-hydrogen) atoms. The number of aromatic nitrogens is 3. The van der Waals surface area contributed by atoms with Crippen molar-refractivity contribution in [1.29, 1.82) is 0 Å². The number of thiazole rings is 1. The number of rotatable bonds is 3. The van der Waals surface area contributed by atoms with Gasteiger partial charge in [-0.3, -0.25) is 4.79 Å². The monoisotopic (exact) mass is 478 g/mol. The van der Waals surface area contributed by atoms with E-state index in [0.717, 1.165) is 58.9 Å². The average molecular weight is 479 g/mol. The van der Waals surface area contributed by atoms with E-state index in [4.69, 9.17) is 0 Å². The molecule has 1 N–H and O–H groups in total. The SMILES string of the molecule is CC(C)(C)c1cn(-c2ccc3c(c2)-c2sc(C(=O)Nc4c(F)cccc4F)nc2CCC3)cn1. The molecule has 0 bridgehead atoms. The molecule has 1 amide bonds. The van der Waals surface area contributed by atoms with Crippen LogP contribution in [0.3, 0.4) is 0 Å². The molecular formula is C26H24F2N4OS. The third kappa shape index (κ3) is 4.14. The number of benzene rings is 2. The number of carbonyl (C=O) groups is 1. The fourth-order valence-electron chi connectivity index (χ4n) is 4.06. The first-order valence-corrected chi connectivity index (χ1v) is 12.0. The van der Waals surface area contributed by atoms with Crippen molar-refractivity contribution in [3.63, 3.8) is 0 Å². The number of hydrogen-bond acceptors (Lipinski definition) is 4. The molecule has 174 valence electrons. The lowest BCUT2D eigenvalue weighted by molar-refractivity contribution is 0.102. The minimum Gasteiger partial charge on any atom is -0.315 e. The highest BCUT2D eigenvalue weighted by Crippen LogP contribution is 2.38. The fraction of sp³-hybridized carbons (Fsp3) is 0.269. The molecule has 2 heterocycles. The lowest BCUT2D eigenvalue weighted by atomic mass is 9.93. The van der Waals surface area contributed by atoms with Gasteiger partial charge in [0.2, 0.25) is 0 Å². The Morgan fingerprint density at radius 1 is 1.12 bits per heavy atom. The maximum atomic E-state index is 14.0. The van der Waals surface area contributed by atoms with Gasteiger partial charge in [-0.2, -0.15) is 0 Å².